The van der Waals surface area contributed by atoms with Crippen LogP contribution >= 0.6 is 0 Å². The van der Waals surface area contributed by atoms with Crippen LogP contribution in [0, 0.1) is 0 Å². The first kappa shape index (κ1) is 15.9. The molecule has 0 fully saturated rings. The Morgan fingerprint density at radius 3 is 2.67 bits per heavy atom. The molecule has 0 radical (unpaired) electrons. The van der Waals surface area contributed by atoms with Gasteiger partial charge in [-0.1, -0.05) is 36.4 Å². The van der Waals surface area contributed by atoms with Gasteiger partial charge in [0.25, 0.3) is 0 Å². The number of fused-ring (bicyclic) bond motifs is 1. The first-order valence-electron chi connectivity index (χ1n) is 6.69. The number of hydrogen-bond donors (Lipinski definition) is 2. The van der Waals surface area contributed by atoms with Crippen molar-refractivity contribution in [3.8, 4) is 0 Å². The van der Waals surface area contributed by atoms with E-state index in [1.807, 2.05) is 24.3 Å². The molecule has 0 aliphatic heterocycles. The number of ether oxygens (including phenoxy) is 1. The quantitative estimate of drug-likeness (QED) is 0.813. The minimum atomic E-state index is -3.60. The third-order valence-electron chi connectivity index (χ3n) is 3.17. The summed E-state index contributed by atoms with van der Waals surface area (Å²) < 4.78 is 32.0. The van der Waals surface area contributed by atoms with E-state index in [4.69, 9.17) is 4.74 Å². The minimum Gasteiger partial charge on any atom is -0.391 e. The number of methoxy groups -OCH3 is 1. The molecular formula is C15H19NO4S. The standard InChI is InChI=1S/C15H19NO4S/c1-20-11-13(17)9-10-16-21(18,19)15-8-4-6-12-5-2-3-7-14(12)15/h2-8,13,16-17H,9-11H2,1H3. The molecule has 0 aliphatic carbocycles. The highest BCUT2D eigenvalue weighted by Crippen LogP contribution is 2.22. The van der Waals surface area contributed by atoms with Crippen LogP contribution in [-0.4, -0.2) is 39.9 Å². The average Bonchev–Trinajstić information content (AvgIpc) is 2.46. The maximum Gasteiger partial charge on any atom is 0.241 e. The van der Waals surface area contributed by atoms with Crippen LogP contribution in [-0.2, 0) is 14.8 Å². The Morgan fingerprint density at radius 1 is 1.19 bits per heavy atom. The molecule has 21 heavy (non-hydrogen) atoms. The van der Waals surface area contributed by atoms with Crippen LogP contribution in [0.15, 0.2) is 47.4 Å². The predicted molar refractivity (Wildman–Crippen MR) is 81.6 cm³/mol. The van der Waals surface area contributed by atoms with E-state index >= 15 is 0 Å². The second kappa shape index (κ2) is 7.00. The number of nitrogens with one attached hydrogen (secondary N) is 1. The van der Waals surface area contributed by atoms with Gasteiger partial charge in [0, 0.05) is 19.0 Å². The van der Waals surface area contributed by atoms with Gasteiger partial charge in [-0.15, -0.1) is 0 Å². The lowest BCUT2D eigenvalue weighted by Crippen LogP contribution is -2.28. The van der Waals surface area contributed by atoms with Gasteiger partial charge in [0.2, 0.25) is 10.0 Å². The molecule has 0 saturated heterocycles. The molecule has 2 rings (SSSR count). The lowest BCUT2D eigenvalue weighted by Gasteiger charge is -2.12. The minimum absolute atomic E-state index is 0.163. The molecule has 5 nitrogen and oxygen atoms in total. The fourth-order valence-electron chi connectivity index (χ4n) is 2.14. The van der Waals surface area contributed by atoms with Crippen LogP contribution in [0.2, 0.25) is 0 Å². The molecule has 0 aromatic heterocycles. The number of aliphatic hydroxyl groups excluding tert-OH is 1. The van der Waals surface area contributed by atoms with Gasteiger partial charge in [-0.3, -0.25) is 0 Å². The summed E-state index contributed by atoms with van der Waals surface area (Å²) >= 11 is 0. The molecule has 0 heterocycles. The first-order chi connectivity index (χ1) is 10.0. The molecule has 2 aromatic carbocycles. The van der Waals surface area contributed by atoms with E-state index in [2.05, 4.69) is 4.72 Å². The van der Waals surface area contributed by atoms with Crippen molar-refractivity contribution in [2.75, 3.05) is 20.3 Å². The van der Waals surface area contributed by atoms with Gasteiger partial charge in [-0.2, -0.15) is 0 Å². The summed E-state index contributed by atoms with van der Waals surface area (Å²) in [5.74, 6) is 0. The summed E-state index contributed by atoms with van der Waals surface area (Å²) in [5, 5.41) is 11.1. The number of hydrogen-bond acceptors (Lipinski definition) is 4. The van der Waals surface area contributed by atoms with Gasteiger partial charge in [-0.05, 0) is 17.9 Å². The maximum atomic E-state index is 12.4. The topological polar surface area (TPSA) is 75.6 Å². The van der Waals surface area contributed by atoms with Crippen molar-refractivity contribution in [3.05, 3.63) is 42.5 Å². The molecular weight excluding hydrogens is 290 g/mol. The van der Waals surface area contributed by atoms with Crippen LogP contribution in [0.25, 0.3) is 10.8 Å². The Morgan fingerprint density at radius 2 is 1.90 bits per heavy atom. The van der Waals surface area contributed by atoms with Crippen LogP contribution < -0.4 is 4.72 Å². The van der Waals surface area contributed by atoms with Gasteiger partial charge < -0.3 is 9.84 Å². The lowest BCUT2D eigenvalue weighted by atomic mass is 10.1. The van der Waals surface area contributed by atoms with E-state index in [0.717, 1.165) is 5.39 Å². The monoisotopic (exact) mass is 309 g/mol. The molecule has 0 aliphatic rings. The molecule has 0 amide bonds. The van der Waals surface area contributed by atoms with Gasteiger partial charge in [-0.25, -0.2) is 13.1 Å². The molecule has 1 unspecified atom stereocenters. The van der Waals surface area contributed by atoms with Crippen molar-refractivity contribution in [3.63, 3.8) is 0 Å². The molecule has 2 aromatic rings. The Balaban J connectivity index is 2.15. The number of aliphatic hydroxyl groups is 1. The van der Waals surface area contributed by atoms with Crippen molar-refractivity contribution in [1.29, 1.82) is 0 Å². The zero-order chi connectivity index (χ0) is 15.3. The number of rotatable bonds is 7. The Hall–Kier alpha value is -1.47. The number of sulfonamides is 1. The van der Waals surface area contributed by atoms with Gasteiger partial charge in [0.05, 0.1) is 17.6 Å². The zero-order valence-corrected chi connectivity index (χ0v) is 12.6. The number of benzene rings is 2. The third kappa shape index (κ3) is 4.01. The molecule has 0 spiro atoms. The van der Waals surface area contributed by atoms with Crippen molar-refractivity contribution >= 4 is 20.8 Å². The summed E-state index contributed by atoms with van der Waals surface area (Å²) in [5.41, 5.74) is 0. The van der Waals surface area contributed by atoms with Crippen molar-refractivity contribution < 1.29 is 18.3 Å². The molecule has 2 N–H and O–H groups in total. The van der Waals surface area contributed by atoms with Crippen molar-refractivity contribution in [2.45, 2.75) is 17.4 Å². The van der Waals surface area contributed by atoms with Crippen LogP contribution in [0.1, 0.15) is 6.42 Å². The molecule has 0 bridgehead atoms. The highest BCUT2D eigenvalue weighted by molar-refractivity contribution is 7.89. The summed E-state index contributed by atoms with van der Waals surface area (Å²) in [6, 6.07) is 12.5. The Kier molecular flexibility index (Phi) is 5.30. The van der Waals surface area contributed by atoms with Crippen molar-refractivity contribution in [1.82, 2.24) is 4.72 Å². The summed E-state index contributed by atoms with van der Waals surface area (Å²) in [6.45, 7) is 0.353. The normalized spacial score (nSPS) is 13.4. The summed E-state index contributed by atoms with van der Waals surface area (Å²) in [6.07, 6.45) is -0.372. The van der Waals surface area contributed by atoms with E-state index in [1.165, 1.54) is 7.11 Å². The fourth-order valence-corrected chi connectivity index (χ4v) is 3.42. The maximum absolute atomic E-state index is 12.4. The van der Waals surface area contributed by atoms with E-state index in [9.17, 15) is 13.5 Å². The van der Waals surface area contributed by atoms with Crippen LogP contribution in [0.4, 0.5) is 0 Å². The fraction of sp³-hybridized carbons (Fsp3) is 0.333. The SMILES string of the molecule is COCC(O)CCNS(=O)(=O)c1cccc2ccccc12. The van der Waals surface area contributed by atoms with Crippen molar-refractivity contribution in [2.24, 2.45) is 0 Å². The predicted octanol–water partition coefficient (Wildman–Crippen LogP) is 1.52. The first-order valence-corrected chi connectivity index (χ1v) is 8.17. The van der Waals surface area contributed by atoms with Crippen LogP contribution in [0.5, 0.6) is 0 Å². The van der Waals surface area contributed by atoms with Crippen LogP contribution in [0.3, 0.4) is 0 Å². The largest absolute Gasteiger partial charge is 0.391 e. The molecule has 0 saturated carbocycles. The second-order valence-corrected chi connectivity index (χ2v) is 6.51. The molecule has 6 heteroatoms. The second-order valence-electron chi connectivity index (χ2n) is 4.77. The highest BCUT2D eigenvalue weighted by atomic mass is 32.2. The van der Waals surface area contributed by atoms with Gasteiger partial charge in [0.1, 0.15) is 0 Å². The highest BCUT2D eigenvalue weighted by Gasteiger charge is 2.17. The molecule has 1 atom stereocenters. The summed E-state index contributed by atoms with van der Waals surface area (Å²) in [7, 11) is -2.11. The van der Waals surface area contributed by atoms with Gasteiger partial charge >= 0.3 is 0 Å². The van der Waals surface area contributed by atoms with Gasteiger partial charge in [0.15, 0.2) is 0 Å². The van der Waals surface area contributed by atoms with E-state index in [-0.39, 0.29) is 18.0 Å². The Bertz CT molecular complexity index is 694. The van der Waals surface area contributed by atoms with E-state index < -0.39 is 16.1 Å². The lowest BCUT2D eigenvalue weighted by molar-refractivity contribution is 0.0603. The average molecular weight is 309 g/mol. The third-order valence-corrected chi connectivity index (χ3v) is 4.69. The van der Waals surface area contributed by atoms with E-state index in [1.54, 1.807) is 18.2 Å². The smallest absolute Gasteiger partial charge is 0.241 e. The molecule has 114 valence electrons. The Labute approximate surface area is 124 Å². The summed E-state index contributed by atoms with van der Waals surface area (Å²) in [4.78, 5) is 0.252. The zero-order valence-electron chi connectivity index (χ0n) is 11.8. The van der Waals surface area contributed by atoms with E-state index in [0.29, 0.717) is 11.8 Å².